The maximum atomic E-state index is 12.2. The number of imidazole rings is 1. The summed E-state index contributed by atoms with van der Waals surface area (Å²) in [6.07, 6.45) is 1.61. The van der Waals surface area contributed by atoms with Crippen LogP contribution in [0.3, 0.4) is 0 Å². The Kier molecular flexibility index (Phi) is 4.49. The number of nitrogens with zero attached hydrogens (tertiary/aromatic N) is 2. The third-order valence-corrected chi connectivity index (χ3v) is 4.24. The van der Waals surface area contributed by atoms with Crippen molar-refractivity contribution in [3.63, 3.8) is 0 Å². The van der Waals surface area contributed by atoms with Gasteiger partial charge in [0.2, 0.25) is 0 Å². The van der Waals surface area contributed by atoms with Crippen molar-refractivity contribution in [3.05, 3.63) is 89.5 Å². The zero-order chi connectivity index (χ0) is 18.6. The Morgan fingerprint density at radius 2 is 1.81 bits per heavy atom. The lowest BCUT2D eigenvalue weighted by Crippen LogP contribution is -2.17. The van der Waals surface area contributed by atoms with Crippen molar-refractivity contribution in [2.75, 3.05) is 0 Å². The van der Waals surface area contributed by atoms with Gasteiger partial charge in [0.1, 0.15) is 5.82 Å². The van der Waals surface area contributed by atoms with Crippen molar-refractivity contribution in [2.45, 2.75) is 6.92 Å². The summed E-state index contributed by atoms with van der Waals surface area (Å²) in [5, 5.41) is 3.99. The first-order chi connectivity index (χ1) is 13.2. The molecule has 132 valence electrons. The molecular formula is C22H18N4O. The van der Waals surface area contributed by atoms with E-state index in [1.807, 2.05) is 61.5 Å². The van der Waals surface area contributed by atoms with E-state index in [1.54, 1.807) is 18.3 Å². The van der Waals surface area contributed by atoms with Gasteiger partial charge in [-0.2, -0.15) is 5.10 Å². The number of amides is 1. The van der Waals surface area contributed by atoms with Gasteiger partial charge in [-0.1, -0.05) is 48.5 Å². The van der Waals surface area contributed by atoms with Gasteiger partial charge in [0.25, 0.3) is 5.91 Å². The molecule has 3 aromatic carbocycles. The number of fused-ring (bicyclic) bond motifs is 1. The van der Waals surface area contributed by atoms with Gasteiger partial charge in [-0.05, 0) is 42.3 Å². The van der Waals surface area contributed by atoms with Gasteiger partial charge in [0.15, 0.2) is 0 Å². The molecule has 0 fully saturated rings. The molecule has 0 aliphatic heterocycles. The van der Waals surface area contributed by atoms with Crippen molar-refractivity contribution >= 4 is 23.2 Å². The van der Waals surface area contributed by atoms with Crippen LogP contribution in [0.5, 0.6) is 0 Å². The van der Waals surface area contributed by atoms with Gasteiger partial charge in [0.05, 0.1) is 17.2 Å². The lowest BCUT2D eigenvalue weighted by molar-refractivity contribution is 0.0955. The highest BCUT2D eigenvalue weighted by atomic mass is 16.2. The Morgan fingerprint density at radius 3 is 2.59 bits per heavy atom. The number of aromatic amines is 1. The molecule has 1 aromatic heterocycles. The van der Waals surface area contributed by atoms with Crippen LogP contribution in [0.1, 0.15) is 21.5 Å². The van der Waals surface area contributed by atoms with E-state index in [1.165, 1.54) is 5.56 Å². The van der Waals surface area contributed by atoms with Crippen molar-refractivity contribution in [2.24, 2.45) is 5.10 Å². The molecule has 0 spiro atoms. The molecule has 4 rings (SSSR count). The van der Waals surface area contributed by atoms with Crippen molar-refractivity contribution in [1.29, 1.82) is 0 Å². The Balaban J connectivity index is 1.47. The lowest BCUT2D eigenvalue weighted by Gasteiger charge is -2.01. The normalized spacial score (nSPS) is 11.1. The molecule has 0 bridgehead atoms. The van der Waals surface area contributed by atoms with Crippen LogP contribution in [-0.2, 0) is 0 Å². The molecule has 4 aromatic rings. The summed E-state index contributed by atoms with van der Waals surface area (Å²) < 4.78 is 0. The maximum absolute atomic E-state index is 12.2. The van der Waals surface area contributed by atoms with Crippen LogP contribution in [0.2, 0.25) is 0 Å². The number of hydrogen-bond acceptors (Lipinski definition) is 3. The number of hydrazone groups is 1. The molecule has 0 atom stereocenters. The molecule has 0 aliphatic rings. The molecular weight excluding hydrogens is 336 g/mol. The highest BCUT2D eigenvalue weighted by molar-refractivity contribution is 5.95. The average Bonchev–Trinajstić information content (AvgIpc) is 3.12. The first-order valence-corrected chi connectivity index (χ1v) is 8.64. The molecule has 2 N–H and O–H groups in total. The maximum Gasteiger partial charge on any atom is 0.271 e. The lowest BCUT2D eigenvalue weighted by atomic mass is 10.1. The van der Waals surface area contributed by atoms with Crippen LogP contribution in [0, 0.1) is 6.92 Å². The van der Waals surface area contributed by atoms with E-state index in [9.17, 15) is 4.79 Å². The molecule has 0 radical (unpaired) electrons. The Hall–Kier alpha value is -3.73. The fraction of sp³-hybridized carbons (Fsp3) is 0.0455. The topological polar surface area (TPSA) is 70.1 Å². The largest absolute Gasteiger partial charge is 0.338 e. The zero-order valence-electron chi connectivity index (χ0n) is 14.8. The van der Waals surface area contributed by atoms with Crippen molar-refractivity contribution in [1.82, 2.24) is 15.4 Å². The van der Waals surface area contributed by atoms with Crippen molar-refractivity contribution in [3.8, 4) is 11.4 Å². The standard InChI is InChI=1S/C22H18N4O/c1-15-7-12-19-20(13-15)25-21(24-19)17-8-10-18(11-9-17)22(27)26-23-14-16-5-3-2-4-6-16/h2-14H,1H3,(H,24,25)(H,26,27)/b23-14+. The van der Waals surface area contributed by atoms with Crippen LogP contribution in [-0.4, -0.2) is 22.1 Å². The number of carbonyl (C=O) groups is 1. The fourth-order valence-corrected chi connectivity index (χ4v) is 2.81. The van der Waals surface area contributed by atoms with Gasteiger partial charge >= 0.3 is 0 Å². The summed E-state index contributed by atoms with van der Waals surface area (Å²) in [6.45, 7) is 2.05. The molecule has 0 saturated heterocycles. The predicted molar refractivity (Wildman–Crippen MR) is 108 cm³/mol. The predicted octanol–water partition coefficient (Wildman–Crippen LogP) is 4.30. The number of aryl methyl sites for hydroxylation is 1. The highest BCUT2D eigenvalue weighted by Gasteiger charge is 2.08. The first kappa shape index (κ1) is 16.7. The van der Waals surface area contributed by atoms with E-state index < -0.39 is 0 Å². The molecule has 0 aliphatic carbocycles. The number of rotatable bonds is 4. The van der Waals surface area contributed by atoms with Gasteiger partial charge in [-0.3, -0.25) is 4.79 Å². The number of benzene rings is 3. The summed E-state index contributed by atoms with van der Waals surface area (Å²) in [5.41, 5.74) is 8.03. The molecule has 27 heavy (non-hydrogen) atoms. The minimum absolute atomic E-state index is 0.256. The second kappa shape index (κ2) is 7.25. The number of carbonyl (C=O) groups excluding carboxylic acids is 1. The average molecular weight is 354 g/mol. The Labute approximate surface area is 156 Å². The summed E-state index contributed by atoms with van der Waals surface area (Å²) in [7, 11) is 0. The number of nitrogens with one attached hydrogen (secondary N) is 2. The molecule has 1 heterocycles. The minimum atomic E-state index is -0.256. The fourth-order valence-electron chi connectivity index (χ4n) is 2.81. The first-order valence-electron chi connectivity index (χ1n) is 8.64. The van der Waals surface area contributed by atoms with E-state index in [0.29, 0.717) is 5.56 Å². The minimum Gasteiger partial charge on any atom is -0.338 e. The van der Waals surface area contributed by atoms with Crippen LogP contribution in [0.4, 0.5) is 0 Å². The summed E-state index contributed by atoms with van der Waals surface area (Å²) in [4.78, 5) is 20.1. The number of aromatic nitrogens is 2. The van der Waals surface area contributed by atoms with E-state index in [4.69, 9.17) is 0 Å². The Morgan fingerprint density at radius 1 is 1.04 bits per heavy atom. The monoisotopic (exact) mass is 354 g/mol. The van der Waals surface area contributed by atoms with Crippen LogP contribution in [0.25, 0.3) is 22.4 Å². The smallest absolute Gasteiger partial charge is 0.271 e. The molecule has 5 nitrogen and oxygen atoms in total. The van der Waals surface area contributed by atoms with Gasteiger partial charge in [-0.25, -0.2) is 10.4 Å². The van der Waals surface area contributed by atoms with E-state index in [0.717, 1.165) is 28.0 Å². The second-order valence-electron chi connectivity index (χ2n) is 6.29. The summed E-state index contributed by atoms with van der Waals surface area (Å²) in [5.74, 6) is 0.526. The Bertz CT molecular complexity index is 1110. The second-order valence-corrected chi connectivity index (χ2v) is 6.29. The van der Waals surface area contributed by atoms with Crippen LogP contribution >= 0.6 is 0 Å². The number of hydrogen-bond donors (Lipinski definition) is 2. The SMILES string of the molecule is Cc1ccc2nc(-c3ccc(C(=O)N/N=C/c4ccccc4)cc3)[nH]c2c1. The summed E-state index contributed by atoms with van der Waals surface area (Å²) >= 11 is 0. The van der Waals surface area contributed by atoms with E-state index in [-0.39, 0.29) is 5.91 Å². The molecule has 0 saturated carbocycles. The third kappa shape index (κ3) is 3.77. The summed E-state index contributed by atoms with van der Waals surface area (Å²) in [6, 6.07) is 23.0. The van der Waals surface area contributed by atoms with Crippen LogP contribution < -0.4 is 5.43 Å². The molecule has 0 unspecified atom stereocenters. The van der Waals surface area contributed by atoms with Gasteiger partial charge in [0, 0.05) is 11.1 Å². The van der Waals surface area contributed by atoms with Crippen LogP contribution in [0.15, 0.2) is 77.9 Å². The van der Waals surface area contributed by atoms with Gasteiger partial charge < -0.3 is 4.98 Å². The van der Waals surface area contributed by atoms with Gasteiger partial charge in [-0.15, -0.1) is 0 Å². The third-order valence-electron chi connectivity index (χ3n) is 4.24. The quantitative estimate of drug-likeness (QED) is 0.424. The number of H-pyrrole nitrogens is 1. The van der Waals surface area contributed by atoms with Crippen molar-refractivity contribution < 1.29 is 4.79 Å². The van der Waals surface area contributed by atoms with E-state index >= 15 is 0 Å². The molecule has 1 amide bonds. The zero-order valence-corrected chi connectivity index (χ0v) is 14.8. The highest BCUT2D eigenvalue weighted by Crippen LogP contribution is 2.21. The van der Waals surface area contributed by atoms with E-state index in [2.05, 4.69) is 26.6 Å². The molecule has 5 heteroatoms.